The van der Waals surface area contributed by atoms with Crippen LogP contribution in [-0.4, -0.2) is 42.9 Å². The van der Waals surface area contributed by atoms with Crippen molar-refractivity contribution in [3.05, 3.63) is 0 Å². The number of nitrogens with two attached hydrogens (primary N) is 1. The van der Waals surface area contributed by atoms with Crippen molar-refractivity contribution in [2.24, 2.45) is 11.7 Å². The summed E-state index contributed by atoms with van der Waals surface area (Å²) in [6.45, 7) is 4.40. The van der Waals surface area contributed by atoms with E-state index >= 15 is 0 Å². The Kier molecular flexibility index (Phi) is 5.25. The van der Waals surface area contributed by atoms with Gasteiger partial charge in [0.15, 0.2) is 0 Å². The highest BCUT2D eigenvalue weighted by Crippen LogP contribution is 2.07. The van der Waals surface area contributed by atoms with Crippen molar-refractivity contribution in [1.82, 2.24) is 10.2 Å². The van der Waals surface area contributed by atoms with E-state index in [0.717, 1.165) is 6.42 Å². The highest BCUT2D eigenvalue weighted by molar-refractivity contribution is 5.80. The molecule has 0 aromatic carbocycles. The highest BCUT2D eigenvalue weighted by Gasteiger charge is 2.18. The van der Waals surface area contributed by atoms with Crippen LogP contribution in [0, 0.1) is 5.92 Å². The van der Waals surface area contributed by atoms with E-state index in [1.165, 1.54) is 0 Å². The number of rotatable bonds is 4. The molecule has 0 aromatic rings. The van der Waals surface area contributed by atoms with Gasteiger partial charge in [-0.1, -0.05) is 6.92 Å². The van der Waals surface area contributed by atoms with Crippen molar-refractivity contribution in [2.75, 3.05) is 26.2 Å². The fourth-order valence-electron chi connectivity index (χ4n) is 1.66. The number of hydrogen-bond donors (Lipinski definition) is 2. The SMILES string of the molecule is CC(CN)CCC(=O)N1CCNC(=O)CC1. The van der Waals surface area contributed by atoms with Crippen LogP contribution in [0.1, 0.15) is 26.2 Å². The normalized spacial score (nSPS) is 18.9. The van der Waals surface area contributed by atoms with Crippen LogP contribution in [-0.2, 0) is 9.59 Å². The van der Waals surface area contributed by atoms with Crippen molar-refractivity contribution < 1.29 is 9.59 Å². The van der Waals surface area contributed by atoms with Crippen LogP contribution < -0.4 is 11.1 Å². The maximum absolute atomic E-state index is 11.8. The first-order chi connectivity index (χ1) is 7.63. The van der Waals surface area contributed by atoms with Gasteiger partial charge in [-0.25, -0.2) is 0 Å². The minimum absolute atomic E-state index is 0.0330. The maximum Gasteiger partial charge on any atom is 0.222 e. The van der Waals surface area contributed by atoms with E-state index in [2.05, 4.69) is 5.32 Å². The van der Waals surface area contributed by atoms with Gasteiger partial charge in [0.1, 0.15) is 0 Å². The molecule has 2 amide bonds. The monoisotopic (exact) mass is 227 g/mol. The molecule has 5 nitrogen and oxygen atoms in total. The maximum atomic E-state index is 11.8. The minimum atomic E-state index is 0.0330. The van der Waals surface area contributed by atoms with Crippen molar-refractivity contribution in [2.45, 2.75) is 26.2 Å². The zero-order valence-electron chi connectivity index (χ0n) is 9.87. The van der Waals surface area contributed by atoms with Crippen molar-refractivity contribution in [1.29, 1.82) is 0 Å². The molecule has 0 aromatic heterocycles. The third-order valence-corrected chi connectivity index (χ3v) is 2.92. The summed E-state index contributed by atoms with van der Waals surface area (Å²) in [6, 6.07) is 0. The van der Waals surface area contributed by atoms with E-state index in [0.29, 0.717) is 44.9 Å². The largest absolute Gasteiger partial charge is 0.354 e. The fraction of sp³-hybridized carbons (Fsp3) is 0.818. The lowest BCUT2D eigenvalue weighted by Crippen LogP contribution is -2.34. The molecule has 92 valence electrons. The average Bonchev–Trinajstić information content (AvgIpc) is 2.50. The number of hydrogen-bond acceptors (Lipinski definition) is 3. The van der Waals surface area contributed by atoms with Crippen LogP contribution in [0.4, 0.5) is 0 Å². The Morgan fingerprint density at radius 1 is 1.56 bits per heavy atom. The first-order valence-corrected chi connectivity index (χ1v) is 5.88. The third-order valence-electron chi connectivity index (χ3n) is 2.92. The molecule has 0 radical (unpaired) electrons. The molecule has 1 saturated heterocycles. The van der Waals surface area contributed by atoms with E-state index in [-0.39, 0.29) is 11.8 Å². The second-order valence-electron chi connectivity index (χ2n) is 4.36. The van der Waals surface area contributed by atoms with Gasteiger partial charge < -0.3 is 16.0 Å². The summed E-state index contributed by atoms with van der Waals surface area (Å²) in [5, 5.41) is 2.75. The Labute approximate surface area is 96.4 Å². The van der Waals surface area contributed by atoms with Crippen LogP contribution in [0.15, 0.2) is 0 Å². The summed E-state index contributed by atoms with van der Waals surface area (Å²) in [6.07, 6.45) is 1.78. The molecule has 0 spiro atoms. The smallest absolute Gasteiger partial charge is 0.222 e. The molecule has 1 atom stereocenters. The number of carbonyl (C=O) groups is 2. The summed E-state index contributed by atoms with van der Waals surface area (Å²) in [4.78, 5) is 24.7. The van der Waals surface area contributed by atoms with Crippen molar-refractivity contribution >= 4 is 11.8 Å². The molecule has 0 bridgehead atoms. The van der Waals surface area contributed by atoms with Gasteiger partial charge in [-0.2, -0.15) is 0 Å². The number of carbonyl (C=O) groups excluding carboxylic acids is 2. The molecule has 1 unspecified atom stereocenters. The molecule has 3 N–H and O–H groups in total. The summed E-state index contributed by atoms with van der Waals surface area (Å²) in [7, 11) is 0. The molecule has 16 heavy (non-hydrogen) atoms. The second kappa shape index (κ2) is 6.48. The zero-order valence-corrected chi connectivity index (χ0v) is 9.87. The summed E-state index contributed by atoms with van der Waals surface area (Å²) in [5.74, 6) is 0.554. The minimum Gasteiger partial charge on any atom is -0.354 e. The Bertz CT molecular complexity index is 256. The van der Waals surface area contributed by atoms with Crippen molar-refractivity contribution in [3.63, 3.8) is 0 Å². The number of amides is 2. The molecule has 1 aliphatic rings. The number of nitrogens with zero attached hydrogens (tertiary/aromatic N) is 1. The molecule has 1 aliphatic heterocycles. The van der Waals surface area contributed by atoms with Gasteiger partial charge in [0, 0.05) is 32.5 Å². The van der Waals surface area contributed by atoms with Gasteiger partial charge in [0.05, 0.1) is 0 Å². The highest BCUT2D eigenvalue weighted by atomic mass is 16.2. The first kappa shape index (κ1) is 13.0. The summed E-state index contributed by atoms with van der Waals surface area (Å²) in [5.41, 5.74) is 5.50. The van der Waals surface area contributed by atoms with Gasteiger partial charge in [0.25, 0.3) is 0 Å². The van der Waals surface area contributed by atoms with Gasteiger partial charge in [-0.3, -0.25) is 9.59 Å². The van der Waals surface area contributed by atoms with Crippen LogP contribution in [0.5, 0.6) is 0 Å². The second-order valence-corrected chi connectivity index (χ2v) is 4.36. The zero-order chi connectivity index (χ0) is 12.0. The van der Waals surface area contributed by atoms with E-state index in [9.17, 15) is 9.59 Å². The molecular weight excluding hydrogens is 206 g/mol. The van der Waals surface area contributed by atoms with Gasteiger partial charge in [0.2, 0.25) is 11.8 Å². The summed E-state index contributed by atoms with van der Waals surface area (Å²) >= 11 is 0. The Balaban J connectivity index is 2.32. The van der Waals surface area contributed by atoms with E-state index in [4.69, 9.17) is 5.73 Å². The molecule has 1 rings (SSSR count). The van der Waals surface area contributed by atoms with Gasteiger partial charge in [-0.15, -0.1) is 0 Å². The molecular formula is C11H21N3O2. The Hall–Kier alpha value is -1.10. The predicted octanol–water partition coefficient (Wildman–Crippen LogP) is -0.290. The summed E-state index contributed by atoms with van der Waals surface area (Å²) < 4.78 is 0. The molecule has 1 heterocycles. The van der Waals surface area contributed by atoms with Crippen LogP contribution in [0.25, 0.3) is 0 Å². The fourth-order valence-corrected chi connectivity index (χ4v) is 1.66. The molecule has 5 heteroatoms. The lowest BCUT2D eigenvalue weighted by atomic mass is 10.1. The van der Waals surface area contributed by atoms with E-state index < -0.39 is 0 Å². The third kappa shape index (κ3) is 4.18. The van der Waals surface area contributed by atoms with Gasteiger partial charge in [-0.05, 0) is 18.9 Å². The quantitative estimate of drug-likeness (QED) is 0.693. The molecule has 0 saturated carbocycles. The van der Waals surface area contributed by atoms with Crippen molar-refractivity contribution in [3.8, 4) is 0 Å². The lowest BCUT2D eigenvalue weighted by Gasteiger charge is -2.20. The molecule has 0 aliphatic carbocycles. The Morgan fingerprint density at radius 3 is 3.00 bits per heavy atom. The topological polar surface area (TPSA) is 75.4 Å². The predicted molar refractivity (Wildman–Crippen MR) is 61.7 cm³/mol. The lowest BCUT2D eigenvalue weighted by molar-refractivity contribution is -0.131. The molecule has 1 fully saturated rings. The van der Waals surface area contributed by atoms with Crippen LogP contribution in [0.2, 0.25) is 0 Å². The standard InChI is InChI=1S/C11H21N3O2/c1-9(8-12)2-3-11(16)14-6-4-10(15)13-5-7-14/h9H,2-8,12H2,1H3,(H,13,15). The average molecular weight is 227 g/mol. The van der Waals surface area contributed by atoms with Crippen LogP contribution >= 0.6 is 0 Å². The van der Waals surface area contributed by atoms with Crippen LogP contribution in [0.3, 0.4) is 0 Å². The van der Waals surface area contributed by atoms with Gasteiger partial charge >= 0.3 is 0 Å². The Morgan fingerprint density at radius 2 is 2.31 bits per heavy atom. The van der Waals surface area contributed by atoms with E-state index in [1.807, 2.05) is 6.92 Å². The first-order valence-electron chi connectivity index (χ1n) is 5.88. The number of nitrogens with one attached hydrogen (secondary N) is 1. The van der Waals surface area contributed by atoms with E-state index in [1.54, 1.807) is 4.90 Å².